The van der Waals surface area contributed by atoms with Crippen LogP contribution < -0.4 is 0 Å². The number of hydrogen-bond donors (Lipinski definition) is 0. The predicted octanol–water partition coefficient (Wildman–Crippen LogP) is 5.50. The summed E-state index contributed by atoms with van der Waals surface area (Å²) in [6.07, 6.45) is 0. The molecule has 0 aliphatic carbocycles. The lowest BCUT2D eigenvalue weighted by molar-refractivity contribution is 0.557. The third kappa shape index (κ3) is 2.95. The summed E-state index contributed by atoms with van der Waals surface area (Å²) in [7, 11) is 0. The van der Waals surface area contributed by atoms with Crippen LogP contribution >= 0.6 is 27.5 Å². The lowest BCUT2D eigenvalue weighted by Gasteiger charge is -2.13. The first-order chi connectivity index (χ1) is 8.90. The predicted molar refractivity (Wildman–Crippen MR) is 72.9 cm³/mol. The van der Waals surface area contributed by atoms with Crippen molar-refractivity contribution in [2.45, 2.75) is 12.3 Å². The van der Waals surface area contributed by atoms with E-state index in [9.17, 15) is 13.2 Å². The maximum Gasteiger partial charge on any atom is 0.132 e. The fraction of sp³-hybridized carbons (Fsp3) is 0.143. The number of aryl methyl sites for hydroxylation is 1. The molecule has 0 amide bonds. The molecular formula is C14H9BrClF3. The van der Waals surface area contributed by atoms with E-state index in [-0.39, 0.29) is 11.4 Å². The van der Waals surface area contributed by atoms with E-state index in [4.69, 9.17) is 11.6 Å². The van der Waals surface area contributed by atoms with E-state index in [1.807, 2.05) is 0 Å². The molecule has 0 heterocycles. The first-order valence-corrected chi connectivity index (χ1v) is 6.67. The summed E-state index contributed by atoms with van der Waals surface area (Å²) in [5, 5.41) is -1.01. The fourth-order valence-corrected chi connectivity index (χ4v) is 2.53. The summed E-state index contributed by atoms with van der Waals surface area (Å²) in [6, 6.07) is 6.41. The molecule has 0 aromatic heterocycles. The van der Waals surface area contributed by atoms with Crippen LogP contribution in [-0.4, -0.2) is 0 Å². The van der Waals surface area contributed by atoms with Crippen molar-refractivity contribution in [1.82, 2.24) is 0 Å². The molecule has 2 aromatic rings. The molecule has 1 unspecified atom stereocenters. The van der Waals surface area contributed by atoms with Crippen molar-refractivity contribution >= 4 is 27.5 Å². The van der Waals surface area contributed by atoms with Crippen molar-refractivity contribution in [3.63, 3.8) is 0 Å². The SMILES string of the molecule is Cc1cc(C(Cl)c2c(F)cc(Br)cc2F)ccc1F. The molecule has 0 radical (unpaired) electrons. The average molecular weight is 350 g/mol. The molecule has 100 valence electrons. The van der Waals surface area contributed by atoms with E-state index in [1.165, 1.54) is 18.2 Å². The topological polar surface area (TPSA) is 0 Å². The molecule has 0 spiro atoms. The maximum atomic E-state index is 13.8. The highest BCUT2D eigenvalue weighted by atomic mass is 79.9. The first kappa shape index (κ1) is 14.4. The lowest BCUT2D eigenvalue weighted by Crippen LogP contribution is -2.02. The lowest BCUT2D eigenvalue weighted by atomic mass is 10.0. The Morgan fingerprint density at radius 2 is 1.58 bits per heavy atom. The van der Waals surface area contributed by atoms with Crippen molar-refractivity contribution in [1.29, 1.82) is 0 Å². The quantitative estimate of drug-likeness (QED) is 0.628. The van der Waals surface area contributed by atoms with Gasteiger partial charge in [0.1, 0.15) is 17.5 Å². The van der Waals surface area contributed by atoms with Crippen LogP contribution in [0.5, 0.6) is 0 Å². The Morgan fingerprint density at radius 3 is 2.11 bits per heavy atom. The summed E-state index contributed by atoms with van der Waals surface area (Å²) in [6.45, 7) is 1.57. The van der Waals surface area contributed by atoms with Crippen molar-refractivity contribution in [3.05, 3.63) is 68.9 Å². The van der Waals surface area contributed by atoms with E-state index in [0.29, 0.717) is 15.6 Å². The van der Waals surface area contributed by atoms with Gasteiger partial charge >= 0.3 is 0 Å². The van der Waals surface area contributed by atoms with Gasteiger partial charge in [0.15, 0.2) is 0 Å². The Kier molecular flexibility index (Phi) is 4.21. The number of hydrogen-bond acceptors (Lipinski definition) is 0. The van der Waals surface area contributed by atoms with Gasteiger partial charge in [-0.05, 0) is 36.2 Å². The Labute approximate surface area is 122 Å². The number of halogens is 5. The van der Waals surface area contributed by atoms with Crippen LogP contribution in [0.4, 0.5) is 13.2 Å². The maximum absolute atomic E-state index is 13.8. The molecule has 1 atom stereocenters. The highest BCUT2D eigenvalue weighted by Crippen LogP contribution is 2.34. The van der Waals surface area contributed by atoms with E-state index in [2.05, 4.69) is 15.9 Å². The number of alkyl halides is 1. The Balaban J connectivity index is 2.49. The normalized spacial score (nSPS) is 12.5. The van der Waals surface area contributed by atoms with Crippen LogP contribution in [0.1, 0.15) is 22.1 Å². The molecular weight excluding hydrogens is 341 g/mol. The van der Waals surface area contributed by atoms with Crippen molar-refractivity contribution in [2.24, 2.45) is 0 Å². The van der Waals surface area contributed by atoms with Crippen LogP contribution in [0.25, 0.3) is 0 Å². The smallest absolute Gasteiger partial charge is 0.132 e. The van der Waals surface area contributed by atoms with Gasteiger partial charge in [0.25, 0.3) is 0 Å². The molecule has 0 saturated heterocycles. The first-order valence-electron chi connectivity index (χ1n) is 5.44. The molecule has 0 N–H and O–H groups in total. The Hall–Kier alpha value is -1.00. The molecule has 5 heteroatoms. The van der Waals surface area contributed by atoms with Gasteiger partial charge in [-0.25, -0.2) is 13.2 Å². The molecule has 0 nitrogen and oxygen atoms in total. The summed E-state index contributed by atoms with van der Waals surface area (Å²) in [5.41, 5.74) is 0.581. The standard InChI is InChI=1S/C14H9BrClF3/c1-7-4-8(2-3-10(7)17)14(16)13-11(18)5-9(15)6-12(13)19/h2-6,14H,1H3. The van der Waals surface area contributed by atoms with E-state index in [0.717, 1.165) is 12.1 Å². The zero-order valence-corrected chi connectivity index (χ0v) is 12.2. The minimum absolute atomic E-state index is 0.240. The minimum atomic E-state index is -1.01. The minimum Gasteiger partial charge on any atom is -0.207 e. The van der Waals surface area contributed by atoms with E-state index < -0.39 is 17.0 Å². The molecule has 0 fully saturated rings. The van der Waals surface area contributed by atoms with Gasteiger partial charge in [0.05, 0.1) is 5.38 Å². The molecule has 0 bridgehead atoms. The molecule has 0 aliphatic rings. The summed E-state index contributed by atoms with van der Waals surface area (Å²) >= 11 is 9.10. The van der Waals surface area contributed by atoms with Gasteiger partial charge in [0, 0.05) is 10.0 Å². The van der Waals surface area contributed by atoms with Crippen molar-refractivity contribution in [2.75, 3.05) is 0 Å². The van der Waals surface area contributed by atoms with Gasteiger partial charge in [-0.1, -0.05) is 28.1 Å². The van der Waals surface area contributed by atoms with Gasteiger partial charge in [-0.15, -0.1) is 11.6 Å². The van der Waals surface area contributed by atoms with Gasteiger partial charge in [-0.3, -0.25) is 0 Å². The van der Waals surface area contributed by atoms with Crippen LogP contribution in [0, 0.1) is 24.4 Å². The van der Waals surface area contributed by atoms with Crippen LogP contribution in [0.2, 0.25) is 0 Å². The average Bonchev–Trinajstić information content (AvgIpc) is 2.31. The molecule has 19 heavy (non-hydrogen) atoms. The molecule has 2 aromatic carbocycles. The summed E-state index contributed by atoms with van der Waals surface area (Å²) in [4.78, 5) is 0. The second-order valence-electron chi connectivity index (χ2n) is 4.15. The largest absolute Gasteiger partial charge is 0.207 e. The Bertz CT molecular complexity index is 605. The Morgan fingerprint density at radius 1 is 1.00 bits per heavy atom. The zero-order chi connectivity index (χ0) is 14.2. The van der Waals surface area contributed by atoms with Gasteiger partial charge in [-0.2, -0.15) is 0 Å². The second-order valence-corrected chi connectivity index (χ2v) is 5.51. The van der Waals surface area contributed by atoms with Gasteiger partial charge < -0.3 is 0 Å². The van der Waals surface area contributed by atoms with E-state index in [1.54, 1.807) is 6.92 Å². The van der Waals surface area contributed by atoms with Crippen LogP contribution in [0.3, 0.4) is 0 Å². The fourth-order valence-electron chi connectivity index (χ4n) is 1.79. The molecule has 0 saturated carbocycles. The number of benzene rings is 2. The van der Waals surface area contributed by atoms with Gasteiger partial charge in [0.2, 0.25) is 0 Å². The van der Waals surface area contributed by atoms with Crippen LogP contribution in [0.15, 0.2) is 34.8 Å². The summed E-state index contributed by atoms with van der Waals surface area (Å²) < 4.78 is 41.1. The third-order valence-electron chi connectivity index (χ3n) is 2.77. The molecule has 0 aliphatic heterocycles. The monoisotopic (exact) mass is 348 g/mol. The summed E-state index contributed by atoms with van der Waals surface area (Å²) in [5.74, 6) is -1.87. The van der Waals surface area contributed by atoms with Crippen LogP contribution in [-0.2, 0) is 0 Å². The highest BCUT2D eigenvalue weighted by molar-refractivity contribution is 9.10. The second kappa shape index (κ2) is 5.55. The molecule has 2 rings (SSSR count). The third-order valence-corrected chi connectivity index (χ3v) is 3.70. The zero-order valence-electron chi connectivity index (χ0n) is 9.85. The number of rotatable bonds is 2. The highest BCUT2D eigenvalue weighted by Gasteiger charge is 2.21. The van der Waals surface area contributed by atoms with Crippen molar-refractivity contribution < 1.29 is 13.2 Å². The van der Waals surface area contributed by atoms with E-state index >= 15 is 0 Å². The van der Waals surface area contributed by atoms with Crippen molar-refractivity contribution in [3.8, 4) is 0 Å².